The van der Waals surface area contributed by atoms with Crippen molar-refractivity contribution >= 4 is 21.6 Å². The average Bonchev–Trinajstić information content (AvgIpc) is 2.16. The predicted molar refractivity (Wildman–Crippen MR) is 68.2 cm³/mol. The van der Waals surface area contributed by atoms with Crippen LogP contribution in [0.15, 0.2) is 0 Å². The third-order valence-electron chi connectivity index (χ3n) is 3.44. The van der Waals surface area contributed by atoms with Gasteiger partial charge in [0.05, 0.1) is 6.26 Å². The molecule has 5 heteroatoms. The molecule has 0 radical (unpaired) electrons. The van der Waals surface area contributed by atoms with Gasteiger partial charge in [0.25, 0.3) is 0 Å². The van der Waals surface area contributed by atoms with E-state index in [1.807, 2.05) is 6.92 Å². The number of hydrogen-bond donors (Lipinski definition) is 0. The Morgan fingerprint density at radius 1 is 1.44 bits per heavy atom. The smallest absolute Gasteiger partial charge is 0.211 e. The van der Waals surface area contributed by atoms with Gasteiger partial charge in [0.1, 0.15) is 0 Å². The Balaban J connectivity index is 2.51. The molecule has 3 unspecified atom stereocenters. The van der Waals surface area contributed by atoms with E-state index in [9.17, 15) is 8.42 Å². The lowest BCUT2D eigenvalue weighted by Gasteiger charge is -2.32. The van der Waals surface area contributed by atoms with Crippen molar-refractivity contribution in [2.45, 2.75) is 38.5 Å². The van der Waals surface area contributed by atoms with Crippen LogP contribution in [0.5, 0.6) is 0 Å². The molecule has 1 saturated heterocycles. The zero-order valence-electron chi connectivity index (χ0n) is 10.3. The maximum atomic E-state index is 11.5. The molecule has 0 aromatic carbocycles. The summed E-state index contributed by atoms with van der Waals surface area (Å²) in [6.45, 7) is 5.49. The molecule has 1 heterocycles. The fraction of sp³-hybridized carbons (Fsp3) is 1.00. The lowest BCUT2D eigenvalue weighted by molar-refractivity contribution is 0.234. The van der Waals surface area contributed by atoms with E-state index in [1.165, 1.54) is 6.26 Å². The lowest BCUT2D eigenvalue weighted by Crippen LogP contribution is -2.39. The monoisotopic (exact) mass is 267 g/mol. The van der Waals surface area contributed by atoms with Crippen molar-refractivity contribution in [3.05, 3.63) is 0 Å². The molecule has 1 aliphatic heterocycles. The van der Waals surface area contributed by atoms with Crippen LogP contribution in [0.25, 0.3) is 0 Å². The molecule has 0 saturated carbocycles. The lowest BCUT2D eigenvalue weighted by atomic mass is 9.88. The largest absolute Gasteiger partial charge is 0.213 e. The number of hydrogen-bond acceptors (Lipinski definition) is 2. The Labute approximate surface area is 104 Å². The molecule has 0 N–H and O–H groups in total. The Bertz CT molecular complexity index is 316. The molecule has 0 spiro atoms. The first-order valence-corrected chi connectivity index (χ1v) is 8.18. The van der Waals surface area contributed by atoms with E-state index in [0.29, 0.717) is 24.9 Å². The SMILES string of the molecule is CC(Cl)C(C)CC1CCCN(S(C)(=O)=O)C1. The fourth-order valence-corrected chi connectivity index (χ4v) is 3.28. The molecule has 1 fully saturated rings. The first kappa shape index (κ1) is 14.3. The highest BCUT2D eigenvalue weighted by Crippen LogP contribution is 2.27. The summed E-state index contributed by atoms with van der Waals surface area (Å²) in [4.78, 5) is 0. The number of sulfonamides is 1. The van der Waals surface area contributed by atoms with Crippen LogP contribution >= 0.6 is 11.6 Å². The second-order valence-corrected chi connectivity index (χ2v) is 7.69. The number of nitrogens with zero attached hydrogens (tertiary/aromatic N) is 1. The molecule has 0 aliphatic carbocycles. The fourth-order valence-electron chi connectivity index (χ4n) is 2.23. The third kappa shape index (κ3) is 4.22. The Hall–Kier alpha value is 0.200. The van der Waals surface area contributed by atoms with E-state index in [4.69, 9.17) is 11.6 Å². The van der Waals surface area contributed by atoms with E-state index in [1.54, 1.807) is 4.31 Å². The minimum atomic E-state index is -3.01. The van der Waals surface area contributed by atoms with Crippen molar-refractivity contribution in [2.24, 2.45) is 11.8 Å². The van der Waals surface area contributed by atoms with Crippen molar-refractivity contribution in [1.29, 1.82) is 0 Å². The van der Waals surface area contributed by atoms with Gasteiger partial charge in [-0.2, -0.15) is 0 Å². The van der Waals surface area contributed by atoms with Gasteiger partial charge in [-0.3, -0.25) is 0 Å². The van der Waals surface area contributed by atoms with Crippen LogP contribution < -0.4 is 0 Å². The number of alkyl halides is 1. The van der Waals surface area contributed by atoms with E-state index >= 15 is 0 Å². The highest BCUT2D eigenvalue weighted by atomic mass is 35.5. The molecule has 1 rings (SSSR count). The van der Waals surface area contributed by atoms with Crippen LogP contribution in [-0.4, -0.2) is 37.4 Å². The first-order chi connectivity index (χ1) is 7.30. The minimum Gasteiger partial charge on any atom is -0.213 e. The van der Waals surface area contributed by atoms with Gasteiger partial charge >= 0.3 is 0 Å². The minimum absolute atomic E-state index is 0.161. The molecule has 16 heavy (non-hydrogen) atoms. The summed E-state index contributed by atoms with van der Waals surface area (Å²) >= 11 is 6.04. The quantitative estimate of drug-likeness (QED) is 0.733. The summed E-state index contributed by atoms with van der Waals surface area (Å²) in [5.74, 6) is 0.922. The second kappa shape index (κ2) is 5.69. The zero-order valence-corrected chi connectivity index (χ0v) is 11.9. The van der Waals surface area contributed by atoms with Crippen molar-refractivity contribution in [3.8, 4) is 0 Å². The van der Waals surface area contributed by atoms with E-state index in [0.717, 1.165) is 19.3 Å². The van der Waals surface area contributed by atoms with Crippen LogP contribution in [0.3, 0.4) is 0 Å². The van der Waals surface area contributed by atoms with Crippen LogP contribution in [0.4, 0.5) is 0 Å². The Morgan fingerprint density at radius 3 is 2.56 bits per heavy atom. The Kier molecular flexibility index (Phi) is 5.08. The highest BCUT2D eigenvalue weighted by molar-refractivity contribution is 7.88. The molecule has 0 aromatic heterocycles. The average molecular weight is 268 g/mol. The van der Waals surface area contributed by atoms with Crippen LogP contribution in [0.1, 0.15) is 33.1 Å². The van der Waals surface area contributed by atoms with Gasteiger partial charge < -0.3 is 0 Å². The molecule has 0 bridgehead atoms. The topological polar surface area (TPSA) is 37.4 Å². The van der Waals surface area contributed by atoms with Gasteiger partial charge in [-0.25, -0.2) is 12.7 Å². The molecular weight excluding hydrogens is 246 g/mol. The number of halogens is 1. The van der Waals surface area contributed by atoms with Gasteiger partial charge in [0.2, 0.25) is 10.0 Å². The summed E-state index contributed by atoms with van der Waals surface area (Å²) in [6, 6.07) is 0. The van der Waals surface area contributed by atoms with Gasteiger partial charge in [0, 0.05) is 18.5 Å². The summed E-state index contributed by atoms with van der Waals surface area (Å²) in [6.07, 6.45) is 4.42. The molecule has 96 valence electrons. The molecular formula is C11H22ClNO2S. The second-order valence-electron chi connectivity index (χ2n) is 5.02. The highest BCUT2D eigenvalue weighted by Gasteiger charge is 2.27. The van der Waals surface area contributed by atoms with Crippen LogP contribution in [0.2, 0.25) is 0 Å². The number of piperidine rings is 1. The summed E-state index contributed by atoms with van der Waals surface area (Å²) in [7, 11) is -3.01. The van der Waals surface area contributed by atoms with Gasteiger partial charge in [-0.05, 0) is 38.0 Å². The Morgan fingerprint density at radius 2 is 2.06 bits per heavy atom. The van der Waals surface area contributed by atoms with E-state index in [2.05, 4.69) is 6.92 Å². The summed E-state index contributed by atoms with van der Waals surface area (Å²) in [5, 5.41) is 0.161. The number of rotatable bonds is 4. The molecule has 0 aromatic rings. The molecule has 0 amide bonds. The third-order valence-corrected chi connectivity index (χ3v) is 5.14. The summed E-state index contributed by atoms with van der Waals surface area (Å²) in [5.41, 5.74) is 0. The van der Waals surface area contributed by atoms with Gasteiger partial charge in [-0.1, -0.05) is 6.92 Å². The first-order valence-electron chi connectivity index (χ1n) is 5.90. The van der Waals surface area contributed by atoms with Crippen molar-refractivity contribution in [3.63, 3.8) is 0 Å². The van der Waals surface area contributed by atoms with E-state index < -0.39 is 10.0 Å². The van der Waals surface area contributed by atoms with E-state index in [-0.39, 0.29) is 5.38 Å². The van der Waals surface area contributed by atoms with Crippen molar-refractivity contribution in [1.82, 2.24) is 4.31 Å². The zero-order chi connectivity index (χ0) is 12.3. The van der Waals surface area contributed by atoms with Gasteiger partial charge in [-0.15, -0.1) is 11.6 Å². The summed E-state index contributed by atoms with van der Waals surface area (Å²) < 4.78 is 24.5. The molecule has 3 atom stereocenters. The van der Waals surface area contributed by atoms with Crippen molar-refractivity contribution in [2.75, 3.05) is 19.3 Å². The maximum absolute atomic E-state index is 11.5. The van der Waals surface area contributed by atoms with Crippen LogP contribution in [0, 0.1) is 11.8 Å². The molecule has 1 aliphatic rings. The predicted octanol–water partition coefficient (Wildman–Crippen LogP) is 2.31. The van der Waals surface area contributed by atoms with Gasteiger partial charge in [0.15, 0.2) is 0 Å². The molecule has 3 nitrogen and oxygen atoms in total. The normalized spacial score (nSPS) is 27.6. The van der Waals surface area contributed by atoms with Crippen LogP contribution in [-0.2, 0) is 10.0 Å². The standard InChI is InChI=1S/C11H22ClNO2S/c1-9(10(2)12)7-11-5-4-6-13(8-11)16(3,14)15/h9-11H,4-8H2,1-3H3. The maximum Gasteiger partial charge on any atom is 0.211 e. The van der Waals surface area contributed by atoms with Crippen molar-refractivity contribution < 1.29 is 8.42 Å².